The number of benzene rings is 2. The first-order chi connectivity index (χ1) is 10.6. The van der Waals surface area contributed by atoms with Gasteiger partial charge in [0.2, 0.25) is 0 Å². The fourth-order valence-corrected chi connectivity index (χ4v) is 2.51. The van der Waals surface area contributed by atoms with Crippen LogP contribution in [0.15, 0.2) is 48.7 Å². The maximum absolute atomic E-state index is 13.3. The van der Waals surface area contributed by atoms with Gasteiger partial charge in [-0.1, -0.05) is 0 Å². The molecule has 112 valence electrons. The molecule has 0 N–H and O–H groups in total. The smallest absolute Gasteiger partial charge is 0.182 e. The number of rotatable bonds is 4. The Labute approximate surface area is 127 Å². The van der Waals surface area contributed by atoms with E-state index in [-0.39, 0.29) is 18.1 Å². The summed E-state index contributed by atoms with van der Waals surface area (Å²) in [5, 5.41) is 1.02. The van der Waals surface area contributed by atoms with E-state index in [0.29, 0.717) is 11.1 Å². The third-order valence-electron chi connectivity index (χ3n) is 3.77. The van der Waals surface area contributed by atoms with Gasteiger partial charge in [0.15, 0.2) is 5.78 Å². The van der Waals surface area contributed by atoms with Crippen molar-refractivity contribution in [1.29, 1.82) is 0 Å². The summed E-state index contributed by atoms with van der Waals surface area (Å²) in [6.45, 7) is 1.88. The number of ketones is 1. The molecule has 4 heteroatoms. The Hall–Kier alpha value is -2.62. The summed E-state index contributed by atoms with van der Waals surface area (Å²) in [6.07, 6.45) is 1.87. The van der Waals surface area contributed by atoms with E-state index in [4.69, 9.17) is 4.74 Å². The number of methoxy groups -OCH3 is 1. The van der Waals surface area contributed by atoms with E-state index in [1.165, 1.54) is 12.1 Å². The molecule has 0 aliphatic rings. The van der Waals surface area contributed by atoms with Crippen LogP contribution in [0, 0.1) is 12.7 Å². The lowest BCUT2D eigenvalue weighted by atomic mass is 10.1. The van der Waals surface area contributed by atoms with Gasteiger partial charge < -0.3 is 9.30 Å². The number of halogens is 1. The van der Waals surface area contributed by atoms with Crippen LogP contribution < -0.4 is 4.74 Å². The molecule has 22 heavy (non-hydrogen) atoms. The monoisotopic (exact) mass is 297 g/mol. The van der Waals surface area contributed by atoms with Crippen molar-refractivity contribution < 1.29 is 13.9 Å². The first kappa shape index (κ1) is 14.3. The van der Waals surface area contributed by atoms with Gasteiger partial charge >= 0.3 is 0 Å². The number of aryl methyl sites for hydroxylation is 1. The Balaban J connectivity index is 1.89. The fraction of sp³-hybridized carbons (Fsp3) is 0.167. The minimum Gasteiger partial charge on any atom is -0.497 e. The number of carbonyl (C=O) groups excluding carboxylic acids is 1. The molecule has 0 unspecified atom stereocenters. The van der Waals surface area contributed by atoms with Crippen molar-refractivity contribution in [3.8, 4) is 5.75 Å². The van der Waals surface area contributed by atoms with Crippen molar-refractivity contribution in [2.45, 2.75) is 13.5 Å². The Morgan fingerprint density at radius 2 is 2.00 bits per heavy atom. The van der Waals surface area contributed by atoms with Crippen molar-refractivity contribution in [2.24, 2.45) is 0 Å². The Kier molecular flexibility index (Phi) is 3.67. The molecule has 0 saturated heterocycles. The van der Waals surface area contributed by atoms with E-state index in [9.17, 15) is 9.18 Å². The Bertz CT molecular complexity index is 851. The Morgan fingerprint density at radius 1 is 1.18 bits per heavy atom. The van der Waals surface area contributed by atoms with E-state index in [0.717, 1.165) is 16.7 Å². The van der Waals surface area contributed by atoms with Crippen LogP contribution in [0.2, 0.25) is 0 Å². The van der Waals surface area contributed by atoms with Crippen LogP contribution in [-0.2, 0) is 6.54 Å². The third kappa shape index (κ3) is 2.60. The highest BCUT2D eigenvalue weighted by Gasteiger charge is 2.11. The highest BCUT2D eigenvalue weighted by molar-refractivity contribution is 5.97. The molecule has 3 aromatic rings. The van der Waals surface area contributed by atoms with E-state index in [1.807, 2.05) is 35.0 Å². The molecule has 0 spiro atoms. The number of fused-ring (bicyclic) bond motifs is 1. The molecule has 1 aromatic heterocycles. The number of carbonyl (C=O) groups is 1. The van der Waals surface area contributed by atoms with Crippen LogP contribution in [0.3, 0.4) is 0 Å². The van der Waals surface area contributed by atoms with Crippen LogP contribution in [0.1, 0.15) is 15.9 Å². The summed E-state index contributed by atoms with van der Waals surface area (Å²) >= 11 is 0. The zero-order chi connectivity index (χ0) is 15.7. The lowest BCUT2D eigenvalue weighted by Crippen LogP contribution is -2.10. The second kappa shape index (κ2) is 5.64. The van der Waals surface area contributed by atoms with E-state index < -0.39 is 0 Å². The first-order valence-corrected chi connectivity index (χ1v) is 7.01. The van der Waals surface area contributed by atoms with Crippen LogP contribution in [-0.4, -0.2) is 17.5 Å². The van der Waals surface area contributed by atoms with Gasteiger partial charge in [0.05, 0.1) is 13.7 Å². The van der Waals surface area contributed by atoms with Crippen LogP contribution in [0.25, 0.3) is 10.9 Å². The molecule has 3 rings (SSSR count). The summed E-state index contributed by atoms with van der Waals surface area (Å²) in [4.78, 5) is 12.4. The quantitative estimate of drug-likeness (QED) is 0.682. The molecule has 2 aromatic carbocycles. The van der Waals surface area contributed by atoms with Crippen LogP contribution in [0.4, 0.5) is 4.39 Å². The molecule has 0 radical (unpaired) electrons. The largest absolute Gasteiger partial charge is 0.497 e. The van der Waals surface area contributed by atoms with Crippen molar-refractivity contribution >= 4 is 16.7 Å². The van der Waals surface area contributed by atoms with Gasteiger partial charge in [-0.25, -0.2) is 4.39 Å². The number of ether oxygens (including phenoxy) is 1. The maximum atomic E-state index is 13.3. The first-order valence-electron chi connectivity index (χ1n) is 7.01. The van der Waals surface area contributed by atoms with Crippen molar-refractivity contribution in [3.63, 3.8) is 0 Å². The number of nitrogens with zero attached hydrogens (tertiary/aromatic N) is 1. The standard InChI is InChI=1S/C18H16FNO2/c1-12-9-14(3-5-16(12)19)18(21)11-20-8-7-13-10-15(22-2)4-6-17(13)20/h3-10H,11H2,1-2H3. The SMILES string of the molecule is COc1ccc2c(ccn2CC(=O)c2ccc(F)c(C)c2)c1. The zero-order valence-electron chi connectivity index (χ0n) is 12.5. The number of hydrogen-bond acceptors (Lipinski definition) is 2. The molecule has 1 heterocycles. The van der Waals surface area contributed by atoms with E-state index in [2.05, 4.69) is 0 Å². The number of Topliss-reactive ketones (excluding diaryl/α,β-unsaturated/α-hetero) is 1. The van der Waals surface area contributed by atoms with Crippen molar-refractivity contribution in [3.05, 3.63) is 65.6 Å². The number of aromatic nitrogens is 1. The summed E-state index contributed by atoms with van der Waals surface area (Å²) in [5.41, 5.74) is 1.97. The molecular formula is C18H16FNO2. The van der Waals surface area contributed by atoms with Gasteiger partial charge in [0.1, 0.15) is 11.6 Å². The molecule has 0 saturated carbocycles. The maximum Gasteiger partial charge on any atom is 0.182 e. The molecule has 0 atom stereocenters. The molecule has 0 aliphatic heterocycles. The van der Waals surface area contributed by atoms with Crippen molar-refractivity contribution in [1.82, 2.24) is 4.57 Å². The summed E-state index contributed by atoms with van der Waals surface area (Å²) < 4.78 is 20.4. The lowest BCUT2D eigenvalue weighted by Gasteiger charge is -2.07. The minimum absolute atomic E-state index is 0.0450. The van der Waals surface area contributed by atoms with Gasteiger partial charge in [-0.3, -0.25) is 4.79 Å². The van der Waals surface area contributed by atoms with Crippen LogP contribution in [0.5, 0.6) is 5.75 Å². The van der Waals surface area contributed by atoms with Gasteiger partial charge in [-0.15, -0.1) is 0 Å². The molecular weight excluding hydrogens is 281 g/mol. The summed E-state index contributed by atoms with van der Waals surface area (Å²) in [6, 6.07) is 12.1. The topological polar surface area (TPSA) is 31.2 Å². The van der Waals surface area contributed by atoms with Crippen LogP contribution >= 0.6 is 0 Å². The third-order valence-corrected chi connectivity index (χ3v) is 3.77. The fourth-order valence-electron chi connectivity index (χ4n) is 2.51. The van der Waals surface area contributed by atoms with Gasteiger partial charge in [0.25, 0.3) is 0 Å². The van der Waals surface area contributed by atoms with E-state index in [1.54, 1.807) is 20.1 Å². The zero-order valence-corrected chi connectivity index (χ0v) is 12.5. The summed E-state index contributed by atoms with van der Waals surface area (Å²) in [5.74, 6) is 0.442. The molecule has 3 nitrogen and oxygen atoms in total. The summed E-state index contributed by atoms with van der Waals surface area (Å²) in [7, 11) is 1.62. The average molecular weight is 297 g/mol. The molecule has 0 bridgehead atoms. The van der Waals surface area contributed by atoms with Gasteiger partial charge in [-0.05, 0) is 55.0 Å². The van der Waals surface area contributed by atoms with Crippen molar-refractivity contribution in [2.75, 3.05) is 7.11 Å². The second-order valence-electron chi connectivity index (χ2n) is 5.26. The minimum atomic E-state index is -0.296. The predicted molar refractivity (Wildman–Crippen MR) is 84.0 cm³/mol. The lowest BCUT2D eigenvalue weighted by molar-refractivity contribution is 0.0973. The average Bonchev–Trinajstić information content (AvgIpc) is 2.92. The normalized spacial score (nSPS) is 10.9. The highest BCUT2D eigenvalue weighted by atomic mass is 19.1. The Morgan fingerprint density at radius 3 is 2.73 bits per heavy atom. The van der Waals surface area contributed by atoms with E-state index >= 15 is 0 Å². The predicted octanol–water partition coefficient (Wildman–Crippen LogP) is 3.98. The number of hydrogen-bond donors (Lipinski definition) is 0. The molecule has 0 fully saturated rings. The molecule has 0 aliphatic carbocycles. The second-order valence-corrected chi connectivity index (χ2v) is 5.26. The van der Waals surface area contributed by atoms with Gasteiger partial charge in [0, 0.05) is 22.7 Å². The highest BCUT2D eigenvalue weighted by Crippen LogP contribution is 2.22. The molecule has 0 amide bonds. The van der Waals surface area contributed by atoms with Gasteiger partial charge in [-0.2, -0.15) is 0 Å².